The Morgan fingerprint density at radius 1 is 1.15 bits per heavy atom. The first-order valence-corrected chi connectivity index (χ1v) is 6.38. The molecule has 0 aliphatic rings. The Hall–Kier alpha value is -2.36. The molecule has 2 rings (SSSR count). The molecule has 104 valence electrons. The highest BCUT2D eigenvalue weighted by Crippen LogP contribution is 2.18. The van der Waals surface area contributed by atoms with Gasteiger partial charge in [0.05, 0.1) is 6.20 Å². The van der Waals surface area contributed by atoms with Crippen molar-refractivity contribution in [1.29, 1.82) is 0 Å². The molecule has 0 spiro atoms. The highest BCUT2D eigenvalue weighted by molar-refractivity contribution is 5.79. The minimum Gasteiger partial charge on any atom is -0.475 e. The number of benzene rings is 1. The summed E-state index contributed by atoms with van der Waals surface area (Å²) in [4.78, 5) is 16.0. The molecule has 4 nitrogen and oxygen atoms in total. The van der Waals surface area contributed by atoms with Crippen LogP contribution < -0.4 is 4.74 Å². The van der Waals surface area contributed by atoms with Crippen LogP contribution in [0.1, 0.15) is 19.4 Å². The molecule has 2 aromatic rings. The van der Waals surface area contributed by atoms with Crippen LogP contribution in [0.2, 0.25) is 0 Å². The SMILES string of the molecule is CC(C)(Oc1cccnc1)C(=O)OCc1ccccc1. The summed E-state index contributed by atoms with van der Waals surface area (Å²) in [5.74, 6) is 0.124. The fourth-order valence-corrected chi connectivity index (χ4v) is 1.64. The average molecular weight is 271 g/mol. The normalized spacial score (nSPS) is 10.9. The molecular weight excluding hydrogens is 254 g/mol. The fraction of sp³-hybridized carbons (Fsp3) is 0.250. The van der Waals surface area contributed by atoms with Crippen molar-refractivity contribution >= 4 is 5.97 Å². The van der Waals surface area contributed by atoms with Gasteiger partial charge in [-0.25, -0.2) is 4.79 Å². The molecule has 20 heavy (non-hydrogen) atoms. The van der Waals surface area contributed by atoms with Gasteiger partial charge in [0.15, 0.2) is 5.60 Å². The van der Waals surface area contributed by atoms with Crippen molar-refractivity contribution in [3.63, 3.8) is 0 Å². The van der Waals surface area contributed by atoms with Crippen LogP contribution >= 0.6 is 0 Å². The topological polar surface area (TPSA) is 48.4 Å². The van der Waals surface area contributed by atoms with Crippen molar-refractivity contribution in [2.24, 2.45) is 0 Å². The maximum Gasteiger partial charge on any atom is 0.350 e. The third-order valence-corrected chi connectivity index (χ3v) is 2.71. The Balaban J connectivity index is 1.93. The van der Waals surface area contributed by atoms with Gasteiger partial charge < -0.3 is 9.47 Å². The van der Waals surface area contributed by atoms with E-state index in [1.807, 2.05) is 30.3 Å². The molecular formula is C16H17NO3. The van der Waals surface area contributed by atoms with Crippen molar-refractivity contribution in [2.75, 3.05) is 0 Å². The van der Waals surface area contributed by atoms with Gasteiger partial charge in [-0.05, 0) is 31.5 Å². The molecule has 1 heterocycles. The number of esters is 1. The van der Waals surface area contributed by atoms with Gasteiger partial charge in [0.1, 0.15) is 12.4 Å². The van der Waals surface area contributed by atoms with Crippen LogP contribution in [0.5, 0.6) is 5.75 Å². The van der Waals surface area contributed by atoms with E-state index in [1.165, 1.54) is 0 Å². The molecule has 4 heteroatoms. The second kappa shape index (κ2) is 6.19. The Bertz CT molecular complexity index is 552. The van der Waals surface area contributed by atoms with Crippen molar-refractivity contribution in [3.8, 4) is 5.75 Å². The molecule has 1 aromatic carbocycles. The second-order valence-corrected chi connectivity index (χ2v) is 4.86. The van der Waals surface area contributed by atoms with E-state index in [9.17, 15) is 4.79 Å². The van der Waals surface area contributed by atoms with E-state index >= 15 is 0 Å². The molecule has 0 N–H and O–H groups in total. The lowest BCUT2D eigenvalue weighted by molar-refractivity contribution is -0.160. The van der Waals surface area contributed by atoms with E-state index in [-0.39, 0.29) is 6.61 Å². The number of carbonyl (C=O) groups is 1. The summed E-state index contributed by atoms with van der Waals surface area (Å²) in [6, 6.07) is 13.0. The zero-order valence-electron chi connectivity index (χ0n) is 11.6. The molecule has 0 aliphatic heterocycles. The minimum absolute atomic E-state index is 0.236. The summed E-state index contributed by atoms with van der Waals surface area (Å²) < 4.78 is 10.9. The molecule has 0 unspecified atom stereocenters. The molecule has 0 aliphatic carbocycles. The predicted molar refractivity (Wildman–Crippen MR) is 75.2 cm³/mol. The van der Waals surface area contributed by atoms with Crippen molar-refractivity contribution in [2.45, 2.75) is 26.1 Å². The van der Waals surface area contributed by atoms with Crippen molar-refractivity contribution in [3.05, 3.63) is 60.4 Å². The highest BCUT2D eigenvalue weighted by Gasteiger charge is 2.31. The van der Waals surface area contributed by atoms with E-state index in [0.29, 0.717) is 5.75 Å². The second-order valence-electron chi connectivity index (χ2n) is 4.86. The van der Waals surface area contributed by atoms with Gasteiger partial charge in [0, 0.05) is 6.20 Å². The van der Waals surface area contributed by atoms with Gasteiger partial charge in [-0.1, -0.05) is 30.3 Å². The average Bonchev–Trinajstić information content (AvgIpc) is 2.46. The first-order chi connectivity index (χ1) is 9.58. The molecule has 0 bridgehead atoms. The number of pyridine rings is 1. The maximum atomic E-state index is 12.1. The van der Waals surface area contributed by atoms with E-state index in [1.54, 1.807) is 38.4 Å². The summed E-state index contributed by atoms with van der Waals surface area (Å²) in [6.07, 6.45) is 3.21. The predicted octanol–water partition coefficient (Wildman–Crippen LogP) is 2.98. The van der Waals surface area contributed by atoms with Gasteiger partial charge in [0.2, 0.25) is 0 Å². The van der Waals surface area contributed by atoms with Crippen LogP contribution in [0.4, 0.5) is 0 Å². The lowest BCUT2D eigenvalue weighted by atomic mass is 10.1. The fourth-order valence-electron chi connectivity index (χ4n) is 1.64. The third-order valence-electron chi connectivity index (χ3n) is 2.71. The number of carbonyl (C=O) groups excluding carboxylic acids is 1. The standard InChI is InChI=1S/C16H17NO3/c1-16(2,20-14-9-6-10-17-11-14)15(18)19-12-13-7-4-3-5-8-13/h3-11H,12H2,1-2H3. The van der Waals surface area contributed by atoms with E-state index < -0.39 is 11.6 Å². The number of nitrogens with zero attached hydrogens (tertiary/aromatic N) is 1. The van der Waals surface area contributed by atoms with Crippen LogP contribution in [-0.2, 0) is 16.1 Å². The molecule has 0 radical (unpaired) electrons. The van der Waals surface area contributed by atoms with Gasteiger partial charge in [-0.2, -0.15) is 0 Å². The Morgan fingerprint density at radius 2 is 1.90 bits per heavy atom. The van der Waals surface area contributed by atoms with Crippen molar-refractivity contribution in [1.82, 2.24) is 4.98 Å². The maximum absolute atomic E-state index is 12.1. The Labute approximate surface area is 118 Å². The lowest BCUT2D eigenvalue weighted by Gasteiger charge is -2.24. The van der Waals surface area contributed by atoms with Gasteiger partial charge in [-0.3, -0.25) is 4.98 Å². The summed E-state index contributed by atoms with van der Waals surface area (Å²) >= 11 is 0. The zero-order chi connectivity index (χ0) is 14.4. The van der Waals surface area contributed by atoms with E-state index in [4.69, 9.17) is 9.47 Å². The molecule has 0 amide bonds. The van der Waals surface area contributed by atoms with Crippen LogP contribution in [0, 0.1) is 0 Å². The molecule has 0 fully saturated rings. The molecule has 0 saturated carbocycles. The summed E-state index contributed by atoms with van der Waals surface area (Å²) in [5.41, 5.74) is -0.115. The number of rotatable bonds is 5. The first kappa shape index (κ1) is 14.1. The summed E-state index contributed by atoms with van der Waals surface area (Å²) in [7, 11) is 0. The van der Waals surface area contributed by atoms with Crippen LogP contribution in [-0.4, -0.2) is 16.6 Å². The third kappa shape index (κ3) is 3.82. The lowest BCUT2D eigenvalue weighted by Crippen LogP contribution is -2.39. The van der Waals surface area contributed by atoms with Gasteiger partial charge in [-0.15, -0.1) is 0 Å². The molecule has 0 atom stereocenters. The Morgan fingerprint density at radius 3 is 2.55 bits per heavy atom. The summed E-state index contributed by atoms with van der Waals surface area (Å²) in [6.45, 7) is 3.58. The van der Waals surface area contributed by atoms with Crippen LogP contribution in [0.25, 0.3) is 0 Å². The first-order valence-electron chi connectivity index (χ1n) is 6.38. The van der Waals surface area contributed by atoms with Gasteiger partial charge in [0.25, 0.3) is 0 Å². The monoisotopic (exact) mass is 271 g/mol. The quantitative estimate of drug-likeness (QED) is 0.784. The van der Waals surface area contributed by atoms with Crippen LogP contribution in [0.15, 0.2) is 54.9 Å². The molecule has 1 aromatic heterocycles. The molecule has 0 saturated heterocycles. The number of aromatic nitrogens is 1. The highest BCUT2D eigenvalue weighted by atomic mass is 16.6. The number of hydrogen-bond acceptors (Lipinski definition) is 4. The van der Waals surface area contributed by atoms with Crippen LogP contribution in [0.3, 0.4) is 0 Å². The number of hydrogen-bond donors (Lipinski definition) is 0. The number of ether oxygens (including phenoxy) is 2. The van der Waals surface area contributed by atoms with Crippen molar-refractivity contribution < 1.29 is 14.3 Å². The van der Waals surface area contributed by atoms with Gasteiger partial charge >= 0.3 is 5.97 Å². The van der Waals surface area contributed by atoms with E-state index in [2.05, 4.69) is 4.98 Å². The van der Waals surface area contributed by atoms with E-state index in [0.717, 1.165) is 5.56 Å². The zero-order valence-corrected chi connectivity index (χ0v) is 11.6. The smallest absolute Gasteiger partial charge is 0.350 e. The summed E-state index contributed by atoms with van der Waals surface area (Å²) in [5, 5.41) is 0. The largest absolute Gasteiger partial charge is 0.475 e. The Kier molecular flexibility index (Phi) is 4.35. The minimum atomic E-state index is -1.06.